The average molecular weight is 264 g/mol. The SMILES string of the molecule is COC(=O)c1ccc(NC2CCN(C)CC2)c(O)c1. The maximum atomic E-state index is 11.3. The fraction of sp³-hybridized carbons (Fsp3) is 0.500. The molecule has 5 heteroatoms. The van der Waals surface area contributed by atoms with Crippen LogP contribution in [-0.2, 0) is 4.74 Å². The van der Waals surface area contributed by atoms with Crippen molar-refractivity contribution in [3.63, 3.8) is 0 Å². The van der Waals surface area contributed by atoms with Crippen molar-refractivity contribution in [2.24, 2.45) is 0 Å². The number of anilines is 1. The Morgan fingerprint density at radius 2 is 2.11 bits per heavy atom. The van der Waals surface area contributed by atoms with E-state index in [1.807, 2.05) is 0 Å². The minimum Gasteiger partial charge on any atom is -0.506 e. The third-order valence-corrected chi connectivity index (χ3v) is 3.50. The zero-order valence-electron chi connectivity index (χ0n) is 11.3. The smallest absolute Gasteiger partial charge is 0.337 e. The molecule has 0 unspecified atom stereocenters. The van der Waals surface area contributed by atoms with E-state index in [2.05, 4.69) is 22.0 Å². The summed E-state index contributed by atoms with van der Waals surface area (Å²) in [7, 11) is 3.43. The van der Waals surface area contributed by atoms with Crippen molar-refractivity contribution < 1.29 is 14.6 Å². The molecule has 1 aromatic rings. The normalized spacial score (nSPS) is 17.2. The summed E-state index contributed by atoms with van der Waals surface area (Å²) in [5.74, 6) is -0.358. The Balaban J connectivity index is 2.03. The summed E-state index contributed by atoms with van der Waals surface area (Å²) >= 11 is 0. The van der Waals surface area contributed by atoms with Gasteiger partial charge in [-0.25, -0.2) is 4.79 Å². The predicted octanol–water partition coefficient (Wildman–Crippen LogP) is 1.68. The van der Waals surface area contributed by atoms with Crippen LogP contribution in [0.3, 0.4) is 0 Å². The quantitative estimate of drug-likeness (QED) is 0.642. The first-order valence-electron chi connectivity index (χ1n) is 6.46. The fourth-order valence-corrected chi connectivity index (χ4v) is 2.27. The topological polar surface area (TPSA) is 61.8 Å². The Labute approximate surface area is 113 Å². The molecule has 2 rings (SSSR count). The summed E-state index contributed by atoms with van der Waals surface area (Å²) in [6.45, 7) is 2.11. The lowest BCUT2D eigenvalue weighted by molar-refractivity contribution is 0.0600. The Bertz CT molecular complexity index is 454. The molecule has 1 aliphatic rings. The Morgan fingerprint density at radius 1 is 1.42 bits per heavy atom. The number of aromatic hydroxyl groups is 1. The number of nitrogens with zero attached hydrogens (tertiary/aromatic N) is 1. The molecular formula is C14H20N2O3. The molecule has 1 heterocycles. The molecule has 0 aliphatic carbocycles. The predicted molar refractivity (Wildman–Crippen MR) is 73.6 cm³/mol. The number of likely N-dealkylation sites (tertiary alicyclic amines) is 1. The van der Waals surface area contributed by atoms with Crippen LogP contribution < -0.4 is 5.32 Å². The van der Waals surface area contributed by atoms with Crippen LogP contribution >= 0.6 is 0 Å². The van der Waals surface area contributed by atoms with E-state index in [1.54, 1.807) is 12.1 Å². The highest BCUT2D eigenvalue weighted by molar-refractivity contribution is 5.90. The molecule has 1 fully saturated rings. The van der Waals surface area contributed by atoms with Crippen molar-refractivity contribution in [1.82, 2.24) is 4.90 Å². The van der Waals surface area contributed by atoms with Crippen LogP contribution in [0.15, 0.2) is 18.2 Å². The zero-order valence-corrected chi connectivity index (χ0v) is 11.3. The molecule has 0 atom stereocenters. The average Bonchev–Trinajstić information content (AvgIpc) is 2.42. The molecule has 1 saturated heterocycles. The molecule has 0 radical (unpaired) electrons. The molecular weight excluding hydrogens is 244 g/mol. The number of methoxy groups -OCH3 is 1. The summed E-state index contributed by atoms with van der Waals surface area (Å²) in [5.41, 5.74) is 1.02. The Hall–Kier alpha value is -1.75. The first kappa shape index (κ1) is 13.7. The van der Waals surface area contributed by atoms with Gasteiger partial charge in [0, 0.05) is 6.04 Å². The van der Waals surface area contributed by atoms with Crippen LogP contribution in [0.25, 0.3) is 0 Å². The standard InChI is InChI=1S/C14H20N2O3/c1-16-7-5-11(6-8-16)15-12-4-3-10(9-13(12)17)14(18)19-2/h3-4,9,11,15,17H,5-8H2,1-2H3. The van der Waals surface area contributed by atoms with Gasteiger partial charge in [0.05, 0.1) is 18.4 Å². The monoisotopic (exact) mass is 264 g/mol. The number of phenolic OH excluding ortho intramolecular Hbond substituents is 1. The van der Waals surface area contributed by atoms with Gasteiger partial charge in [0.1, 0.15) is 5.75 Å². The first-order chi connectivity index (χ1) is 9.10. The van der Waals surface area contributed by atoms with Gasteiger partial charge < -0.3 is 20.1 Å². The van der Waals surface area contributed by atoms with Gasteiger partial charge in [-0.2, -0.15) is 0 Å². The van der Waals surface area contributed by atoms with Crippen molar-refractivity contribution in [2.45, 2.75) is 18.9 Å². The number of hydrogen-bond acceptors (Lipinski definition) is 5. The van der Waals surface area contributed by atoms with Gasteiger partial charge in [0.25, 0.3) is 0 Å². The van der Waals surface area contributed by atoms with E-state index >= 15 is 0 Å². The molecule has 0 saturated carbocycles. The number of hydrogen-bond donors (Lipinski definition) is 2. The van der Waals surface area contributed by atoms with Crippen LogP contribution in [0.5, 0.6) is 5.75 Å². The number of carbonyl (C=O) groups excluding carboxylic acids is 1. The Morgan fingerprint density at radius 3 is 2.68 bits per heavy atom. The highest BCUT2D eigenvalue weighted by Crippen LogP contribution is 2.27. The lowest BCUT2D eigenvalue weighted by atomic mass is 10.0. The van der Waals surface area contributed by atoms with Crippen LogP contribution in [0, 0.1) is 0 Å². The highest BCUT2D eigenvalue weighted by Gasteiger charge is 2.18. The summed E-state index contributed by atoms with van der Waals surface area (Å²) < 4.78 is 4.62. The van der Waals surface area contributed by atoms with Crippen molar-refractivity contribution in [3.8, 4) is 5.75 Å². The van der Waals surface area contributed by atoms with E-state index in [4.69, 9.17) is 0 Å². The summed E-state index contributed by atoms with van der Waals surface area (Å²) in [6.07, 6.45) is 2.10. The molecule has 0 amide bonds. The number of benzene rings is 1. The van der Waals surface area contributed by atoms with E-state index in [-0.39, 0.29) is 5.75 Å². The molecule has 104 valence electrons. The van der Waals surface area contributed by atoms with Gasteiger partial charge in [0.15, 0.2) is 0 Å². The number of esters is 1. The third-order valence-electron chi connectivity index (χ3n) is 3.50. The van der Waals surface area contributed by atoms with Crippen LogP contribution in [0.4, 0.5) is 5.69 Å². The summed E-state index contributed by atoms with van der Waals surface area (Å²) in [5, 5.41) is 13.3. The molecule has 1 aliphatic heterocycles. The van der Waals surface area contributed by atoms with Gasteiger partial charge in [-0.15, -0.1) is 0 Å². The lowest BCUT2D eigenvalue weighted by Crippen LogP contribution is -2.36. The molecule has 0 aromatic heterocycles. The third kappa shape index (κ3) is 3.38. The van der Waals surface area contributed by atoms with Crippen molar-refractivity contribution >= 4 is 11.7 Å². The maximum absolute atomic E-state index is 11.3. The number of carbonyl (C=O) groups is 1. The molecule has 1 aromatic carbocycles. The largest absolute Gasteiger partial charge is 0.506 e. The summed E-state index contributed by atoms with van der Waals surface area (Å²) in [6, 6.07) is 5.18. The van der Waals surface area contributed by atoms with E-state index in [0.29, 0.717) is 17.3 Å². The first-order valence-corrected chi connectivity index (χ1v) is 6.46. The molecule has 19 heavy (non-hydrogen) atoms. The number of phenols is 1. The van der Waals surface area contributed by atoms with Gasteiger partial charge in [-0.05, 0) is 51.2 Å². The minimum absolute atomic E-state index is 0.0850. The van der Waals surface area contributed by atoms with Crippen LogP contribution in [-0.4, -0.2) is 49.3 Å². The molecule has 2 N–H and O–H groups in total. The van der Waals surface area contributed by atoms with Crippen LogP contribution in [0.2, 0.25) is 0 Å². The number of piperidine rings is 1. The fourth-order valence-electron chi connectivity index (χ4n) is 2.27. The van der Waals surface area contributed by atoms with Crippen molar-refractivity contribution in [1.29, 1.82) is 0 Å². The van der Waals surface area contributed by atoms with E-state index in [0.717, 1.165) is 25.9 Å². The maximum Gasteiger partial charge on any atom is 0.337 e. The van der Waals surface area contributed by atoms with Crippen LogP contribution in [0.1, 0.15) is 23.2 Å². The number of rotatable bonds is 3. The second-order valence-corrected chi connectivity index (χ2v) is 4.95. The van der Waals surface area contributed by atoms with Gasteiger partial charge >= 0.3 is 5.97 Å². The number of nitrogens with one attached hydrogen (secondary N) is 1. The Kier molecular flexibility index (Phi) is 4.27. The van der Waals surface area contributed by atoms with E-state index < -0.39 is 5.97 Å². The second kappa shape index (κ2) is 5.93. The highest BCUT2D eigenvalue weighted by atomic mass is 16.5. The van der Waals surface area contributed by atoms with Crippen molar-refractivity contribution in [2.75, 3.05) is 32.6 Å². The zero-order chi connectivity index (χ0) is 13.8. The molecule has 5 nitrogen and oxygen atoms in total. The molecule has 0 bridgehead atoms. The summed E-state index contributed by atoms with van der Waals surface area (Å²) in [4.78, 5) is 13.6. The van der Waals surface area contributed by atoms with E-state index in [1.165, 1.54) is 13.2 Å². The lowest BCUT2D eigenvalue weighted by Gasteiger charge is -2.30. The minimum atomic E-state index is -0.443. The van der Waals surface area contributed by atoms with Crippen molar-refractivity contribution in [3.05, 3.63) is 23.8 Å². The second-order valence-electron chi connectivity index (χ2n) is 4.95. The van der Waals surface area contributed by atoms with Gasteiger partial charge in [-0.3, -0.25) is 0 Å². The number of ether oxygens (including phenoxy) is 1. The van der Waals surface area contributed by atoms with Gasteiger partial charge in [0.2, 0.25) is 0 Å². The van der Waals surface area contributed by atoms with E-state index in [9.17, 15) is 9.90 Å². The van der Waals surface area contributed by atoms with Gasteiger partial charge in [-0.1, -0.05) is 0 Å². The molecule has 0 spiro atoms.